The van der Waals surface area contributed by atoms with Gasteiger partial charge in [-0.05, 0) is 26.0 Å². The first-order valence-electron chi connectivity index (χ1n) is 5.99. The van der Waals surface area contributed by atoms with Crippen molar-refractivity contribution < 1.29 is 30.7 Å². The maximum absolute atomic E-state index is 14.1. The zero-order valence-electron chi connectivity index (χ0n) is 11.8. The maximum Gasteiger partial charge on any atom is 0.435 e. The van der Waals surface area contributed by atoms with Crippen molar-refractivity contribution in [1.29, 1.82) is 0 Å². The zero-order chi connectivity index (χ0) is 16.9. The van der Waals surface area contributed by atoms with Gasteiger partial charge in [-0.3, -0.25) is 0 Å². The van der Waals surface area contributed by atoms with Crippen molar-refractivity contribution in [2.45, 2.75) is 43.5 Å². The highest BCUT2D eigenvalue weighted by molar-refractivity contribution is 8.00. The summed E-state index contributed by atoms with van der Waals surface area (Å²) in [4.78, 5) is 0. The molecule has 0 bridgehead atoms. The Hall–Kier alpha value is -0.660. The van der Waals surface area contributed by atoms with Crippen molar-refractivity contribution in [1.82, 2.24) is 0 Å². The second kappa shape index (κ2) is 5.21. The van der Waals surface area contributed by atoms with Crippen LogP contribution in [0.2, 0.25) is 0 Å². The Kier molecular flexibility index (Phi) is 4.56. The van der Waals surface area contributed by atoms with Crippen LogP contribution in [0.1, 0.15) is 20.8 Å². The molecular weight excluding hydrogens is 321 g/mol. The molecule has 0 radical (unpaired) electrons. The molecule has 2 atom stereocenters. The van der Waals surface area contributed by atoms with Crippen LogP contribution in [0.4, 0.5) is 30.7 Å². The van der Waals surface area contributed by atoms with E-state index < -0.39 is 28.3 Å². The Bertz CT molecular complexity index is 458. The second-order valence-corrected chi connectivity index (χ2v) is 6.54. The first-order chi connectivity index (χ1) is 9.20. The summed E-state index contributed by atoms with van der Waals surface area (Å²) in [6.45, 7) is 4.57. The van der Waals surface area contributed by atoms with Crippen LogP contribution < -0.4 is 0 Å². The summed E-state index contributed by atoms with van der Waals surface area (Å²) in [6.07, 6.45) is -9.19. The van der Waals surface area contributed by atoms with Gasteiger partial charge < -0.3 is 0 Å². The van der Waals surface area contributed by atoms with Crippen LogP contribution >= 0.6 is 11.8 Å². The number of alkyl halides is 7. The van der Waals surface area contributed by atoms with E-state index in [1.807, 2.05) is 0 Å². The summed E-state index contributed by atoms with van der Waals surface area (Å²) in [6, 6.07) is 0. The van der Waals surface area contributed by atoms with E-state index in [9.17, 15) is 30.7 Å². The molecule has 0 aromatic carbocycles. The fourth-order valence-electron chi connectivity index (χ4n) is 2.22. The van der Waals surface area contributed by atoms with Crippen LogP contribution in [0.15, 0.2) is 23.3 Å². The Morgan fingerprint density at radius 1 is 1.05 bits per heavy atom. The molecule has 0 aromatic rings. The second-order valence-electron chi connectivity index (χ2n) is 5.25. The highest BCUT2D eigenvalue weighted by atomic mass is 32.2. The third kappa shape index (κ3) is 2.83. The topological polar surface area (TPSA) is 0 Å². The van der Waals surface area contributed by atoms with Gasteiger partial charge in [0.2, 0.25) is 0 Å². The fourth-order valence-corrected chi connectivity index (χ4v) is 3.00. The van der Waals surface area contributed by atoms with Crippen LogP contribution in [-0.4, -0.2) is 29.0 Å². The van der Waals surface area contributed by atoms with E-state index in [4.69, 9.17) is 0 Å². The molecule has 0 amide bonds. The predicted octanol–water partition coefficient (Wildman–Crippen LogP) is 5.46. The summed E-state index contributed by atoms with van der Waals surface area (Å²) in [5, 5.41) is 0. The van der Waals surface area contributed by atoms with Gasteiger partial charge in [0.1, 0.15) is 0 Å². The van der Waals surface area contributed by atoms with Crippen molar-refractivity contribution in [3.63, 3.8) is 0 Å². The maximum atomic E-state index is 14.1. The predicted molar refractivity (Wildman–Crippen MR) is 68.9 cm³/mol. The minimum Gasteiger partial charge on any atom is -0.218 e. The van der Waals surface area contributed by atoms with E-state index in [0.717, 1.165) is 17.8 Å². The quantitative estimate of drug-likeness (QED) is 0.603. The van der Waals surface area contributed by atoms with Gasteiger partial charge in [-0.15, -0.1) is 0 Å². The van der Waals surface area contributed by atoms with Gasteiger partial charge in [0.15, 0.2) is 0 Å². The molecule has 0 saturated carbocycles. The number of hydrogen-bond donors (Lipinski definition) is 0. The Morgan fingerprint density at radius 2 is 1.48 bits per heavy atom. The van der Waals surface area contributed by atoms with E-state index in [1.165, 1.54) is 13.8 Å². The lowest BCUT2D eigenvalue weighted by Crippen LogP contribution is -2.55. The smallest absolute Gasteiger partial charge is 0.218 e. The highest BCUT2D eigenvalue weighted by Gasteiger charge is 2.74. The molecule has 0 aliphatic heterocycles. The van der Waals surface area contributed by atoms with Crippen molar-refractivity contribution in [3.05, 3.63) is 23.3 Å². The summed E-state index contributed by atoms with van der Waals surface area (Å²) in [5.41, 5.74) is -6.48. The summed E-state index contributed by atoms with van der Waals surface area (Å²) in [5.74, 6) is -0.304. The Balaban J connectivity index is 3.58. The fraction of sp³-hybridized carbons (Fsp3) is 0.692. The molecular formula is C13H15F7S. The minimum absolute atomic E-state index is 0.278. The summed E-state index contributed by atoms with van der Waals surface area (Å²) < 4.78 is 89.8. The molecule has 1 rings (SSSR count). The van der Waals surface area contributed by atoms with E-state index in [2.05, 4.69) is 0 Å². The van der Waals surface area contributed by atoms with E-state index in [1.54, 1.807) is 13.2 Å². The lowest BCUT2D eigenvalue weighted by Gasteiger charge is -2.40. The van der Waals surface area contributed by atoms with Crippen molar-refractivity contribution in [3.8, 4) is 0 Å². The molecule has 0 spiro atoms. The molecule has 0 heterocycles. The Labute approximate surface area is 122 Å². The number of rotatable bonds is 2. The van der Waals surface area contributed by atoms with Gasteiger partial charge in [0, 0.05) is 10.3 Å². The van der Waals surface area contributed by atoms with E-state index >= 15 is 0 Å². The standard InChI is InChI=1S/C13H15F7S/c1-7-5-9(6-10(3,21-4)8(7)2)11(14,12(15,16)17)13(18,19)20/h5-6,8H,1-4H3. The van der Waals surface area contributed by atoms with Gasteiger partial charge in [0.05, 0.1) is 0 Å². The minimum atomic E-state index is -6.08. The first kappa shape index (κ1) is 18.4. The first-order valence-corrected chi connectivity index (χ1v) is 7.22. The van der Waals surface area contributed by atoms with Crippen LogP contribution in [-0.2, 0) is 0 Å². The molecule has 0 N–H and O–H groups in total. The van der Waals surface area contributed by atoms with Gasteiger partial charge in [-0.25, -0.2) is 4.39 Å². The largest absolute Gasteiger partial charge is 0.435 e. The molecule has 0 saturated heterocycles. The highest BCUT2D eigenvalue weighted by Crippen LogP contribution is 2.54. The number of allylic oxidation sites excluding steroid dienone is 3. The third-order valence-electron chi connectivity index (χ3n) is 3.99. The molecule has 8 heteroatoms. The van der Waals surface area contributed by atoms with E-state index in [-0.39, 0.29) is 11.5 Å². The molecule has 2 unspecified atom stereocenters. The van der Waals surface area contributed by atoms with Gasteiger partial charge in [0.25, 0.3) is 0 Å². The SMILES string of the molecule is CSC1(C)C=C(C(F)(C(F)(F)F)C(F)(F)F)C=C(C)C1C. The molecule has 0 nitrogen and oxygen atoms in total. The molecule has 0 aromatic heterocycles. The molecule has 1 aliphatic carbocycles. The van der Waals surface area contributed by atoms with Gasteiger partial charge >= 0.3 is 18.0 Å². The zero-order valence-corrected chi connectivity index (χ0v) is 12.6. The number of hydrogen-bond acceptors (Lipinski definition) is 1. The average Bonchev–Trinajstić information content (AvgIpc) is 2.31. The van der Waals surface area contributed by atoms with Crippen molar-refractivity contribution in [2.24, 2.45) is 5.92 Å². The van der Waals surface area contributed by atoms with E-state index in [0.29, 0.717) is 6.08 Å². The summed E-state index contributed by atoms with van der Waals surface area (Å²) >= 11 is 1.08. The third-order valence-corrected chi connectivity index (χ3v) is 5.34. The summed E-state index contributed by atoms with van der Waals surface area (Å²) in [7, 11) is 0. The van der Waals surface area contributed by atoms with Crippen LogP contribution in [0.3, 0.4) is 0 Å². The number of halogens is 7. The molecule has 0 fully saturated rings. The normalized spacial score (nSPS) is 28.2. The lowest BCUT2D eigenvalue weighted by atomic mass is 9.77. The lowest BCUT2D eigenvalue weighted by molar-refractivity contribution is -0.325. The van der Waals surface area contributed by atoms with Crippen LogP contribution in [0.25, 0.3) is 0 Å². The van der Waals surface area contributed by atoms with Crippen LogP contribution in [0, 0.1) is 5.92 Å². The molecule has 1 aliphatic rings. The molecule has 21 heavy (non-hydrogen) atoms. The average molecular weight is 336 g/mol. The van der Waals surface area contributed by atoms with Gasteiger partial charge in [-0.1, -0.05) is 24.6 Å². The van der Waals surface area contributed by atoms with Crippen molar-refractivity contribution >= 4 is 11.8 Å². The monoisotopic (exact) mass is 336 g/mol. The number of thioether (sulfide) groups is 1. The van der Waals surface area contributed by atoms with Crippen molar-refractivity contribution in [2.75, 3.05) is 6.26 Å². The van der Waals surface area contributed by atoms with Crippen LogP contribution in [0.5, 0.6) is 0 Å². The van der Waals surface area contributed by atoms with Gasteiger partial charge in [-0.2, -0.15) is 38.1 Å². The molecule has 122 valence electrons. The Morgan fingerprint density at radius 3 is 1.81 bits per heavy atom.